The minimum atomic E-state index is -3.80. The zero-order valence-corrected chi connectivity index (χ0v) is 18.9. The van der Waals surface area contributed by atoms with Crippen LogP contribution in [0.2, 0.25) is 0 Å². The third-order valence-corrected chi connectivity index (χ3v) is 6.93. The molecule has 0 unspecified atom stereocenters. The zero-order valence-electron chi connectivity index (χ0n) is 18.0. The van der Waals surface area contributed by atoms with Crippen molar-refractivity contribution in [1.29, 1.82) is 0 Å². The fourth-order valence-electron chi connectivity index (χ4n) is 3.90. The molecule has 0 radical (unpaired) electrons. The van der Waals surface area contributed by atoms with E-state index in [1.54, 1.807) is 79.1 Å². The van der Waals surface area contributed by atoms with Crippen molar-refractivity contribution in [2.45, 2.75) is 17.4 Å². The lowest BCUT2D eigenvalue weighted by Crippen LogP contribution is -2.26. The van der Waals surface area contributed by atoms with Crippen LogP contribution in [-0.2, 0) is 10.0 Å². The summed E-state index contributed by atoms with van der Waals surface area (Å²) >= 11 is 0. The quantitative estimate of drug-likeness (QED) is 0.425. The summed E-state index contributed by atoms with van der Waals surface area (Å²) in [6.45, 7) is 0. The van der Waals surface area contributed by atoms with E-state index in [0.29, 0.717) is 34.7 Å². The summed E-state index contributed by atoms with van der Waals surface area (Å²) in [6, 6.07) is 27.2. The zero-order chi connectivity index (χ0) is 23.5. The topological polar surface area (TPSA) is 92.0 Å². The Morgan fingerprint density at radius 2 is 1.56 bits per heavy atom. The number of rotatable bonds is 6. The van der Waals surface area contributed by atoms with Crippen LogP contribution in [0.25, 0.3) is 0 Å². The molecule has 8 heteroatoms. The number of hydrogen-bond acceptors (Lipinski definition) is 5. The van der Waals surface area contributed by atoms with Crippen LogP contribution in [0.5, 0.6) is 0 Å². The minimum Gasteiger partial charge on any atom is -0.467 e. The van der Waals surface area contributed by atoms with Gasteiger partial charge in [-0.15, -0.1) is 0 Å². The lowest BCUT2D eigenvalue weighted by molar-refractivity contribution is 0.0693. The second-order valence-electron chi connectivity index (χ2n) is 7.76. The highest BCUT2D eigenvalue weighted by molar-refractivity contribution is 7.92. The highest BCUT2D eigenvalue weighted by Crippen LogP contribution is 2.36. The number of nitrogens with zero attached hydrogens (tertiary/aromatic N) is 2. The van der Waals surface area contributed by atoms with Gasteiger partial charge >= 0.3 is 0 Å². The van der Waals surface area contributed by atoms with Crippen LogP contribution in [-0.4, -0.2) is 25.0 Å². The molecule has 1 N–H and O–H groups in total. The van der Waals surface area contributed by atoms with Crippen molar-refractivity contribution in [2.24, 2.45) is 5.10 Å². The Labute approximate surface area is 197 Å². The predicted molar refractivity (Wildman–Crippen MR) is 129 cm³/mol. The van der Waals surface area contributed by atoms with E-state index in [2.05, 4.69) is 9.82 Å². The molecule has 170 valence electrons. The van der Waals surface area contributed by atoms with E-state index in [0.717, 1.165) is 0 Å². The molecule has 2 heterocycles. The van der Waals surface area contributed by atoms with Gasteiger partial charge in [0.05, 0.1) is 22.6 Å². The molecule has 1 amide bonds. The summed E-state index contributed by atoms with van der Waals surface area (Å²) in [4.78, 5) is 13.5. The van der Waals surface area contributed by atoms with Crippen LogP contribution in [0, 0.1) is 0 Å². The number of amides is 1. The van der Waals surface area contributed by atoms with Gasteiger partial charge in [-0.05, 0) is 42.5 Å². The Hall–Kier alpha value is -4.17. The maximum atomic E-state index is 13.3. The summed E-state index contributed by atoms with van der Waals surface area (Å²) in [7, 11) is -3.80. The molecule has 34 heavy (non-hydrogen) atoms. The van der Waals surface area contributed by atoms with Crippen molar-refractivity contribution in [1.82, 2.24) is 5.01 Å². The standard InChI is InChI=1S/C26H21N3O4S/c30-26(19-10-3-1-4-11-19)29-24(25-16-9-17-33-25)18-23(27-29)21-14-7-8-15-22(21)28-34(31,32)20-12-5-2-6-13-20/h1-17,24,28H,18H2/t24-/m0/s1. The molecule has 4 aromatic rings. The van der Waals surface area contributed by atoms with Gasteiger partial charge in [0.1, 0.15) is 11.8 Å². The van der Waals surface area contributed by atoms with Gasteiger partial charge in [-0.25, -0.2) is 13.4 Å². The first kappa shape index (κ1) is 21.7. The fraction of sp³-hybridized carbons (Fsp3) is 0.0769. The van der Waals surface area contributed by atoms with Crippen LogP contribution in [0.1, 0.15) is 34.1 Å². The highest BCUT2D eigenvalue weighted by Gasteiger charge is 2.36. The molecule has 0 saturated carbocycles. The van der Waals surface area contributed by atoms with E-state index in [1.165, 1.54) is 17.1 Å². The fourth-order valence-corrected chi connectivity index (χ4v) is 5.00. The van der Waals surface area contributed by atoms with Crippen LogP contribution in [0.3, 0.4) is 0 Å². The van der Waals surface area contributed by atoms with E-state index < -0.39 is 16.1 Å². The van der Waals surface area contributed by atoms with E-state index >= 15 is 0 Å². The molecule has 5 rings (SSSR count). The van der Waals surface area contributed by atoms with Crippen molar-refractivity contribution >= 4 is 27.3 Å². The Bertz CT molecular complexity index is 1430. The molecule has 0 fully saturated rings. The molecular formula is C26H21N3O4S. The summed E-state index contributed by atoms with van der Waals surface area (Å²) < 4.78 is 34.2. The molecule has 0 saturated heterocycles. The van der Waals surface area contributed by atoms with E-state index in [1.807, 2.05) is 12.1 Å². The van der Waals surface area contributed by atoms with Crippen LogP contribution in [0.4, 0.5) is 5.69 Å². The van der Waals surface area contributed by atoms with Gasteiger partial charge in [0, 0.05) is 17.5 Å². The number of sulfonamides is 1. The van der Waals surface area contributed by atoms with Crippen LogP contribution >= 0.6 is 0 Å². The number of hydrazone groups is 1. The molecule has 1 aromatic heterocycles. The Balaban J connectivity index is 1.52. The van der Waals surface area contributed by atoms with Gasteiger partial charge in [-0.3, -0.25) is 9.52 Å². The second kappa shape index (κ2) is 8.99. The van der Waals surface area contributed by atoms with E-state index in [4.69, 9.17) is 4.42 Å². The first-order valence-corrected chi connectivity index (χ1v) is 12.2. The monoisotopic (exact) mass is 471 g/mol. The molecule has 0 bridgehead atoms. The van der Waals surface area contributed by atoms with E-state index in [9.17, 15) is 13.2 Å². The normalized spacial score (nSPS) is 15.7. The largest absolute Gasteiger partial charge is 0.467 e. The highest BCUT2D eigenvalue weighted by atomic mass is 32.2. The molecule has 1 aliphatic rings. The number of hydrogen-bond donors (Lipinski definition) is 1. The van der Waals surface area contributed by atoms with Gasteiger partial charge < -0.3 is 4.42 Å². The van der Waals surface area contributed by atoms with Crippen molar-refractivity contribution in [3.05, 3.63) is 120 Å². The third kappa shape index (κ3) is 4.23. The van der Waals surface area contributed by atoms with Gasteiger partial charge in [0.15, 0.2) is 0 Å². The smallest absolute Gasteiger partial charge is 0.274 e. The molecule has 7 nitrogen and oxygen atoms in total. The van der Waals surface area contributed by atoms with Gasteiger partial charge in [-0.1, -0.05) is 54.6 Å². The predicted octanol–water partition coefficient (Wildman–Crippen LogP) is 5.07. The number of furan rings is 1. The molecular weight excluding hydrogens is 450 g/mol. The van der Waals surface area contributed by atoms with Gasteiger partial charge in [0.2, 0.25) is 0 Å². The van der Waals surface area contributed by atoms with Crippen molar-refractivity contribution in [2.75, 3.05) is 4.72 Å². The lowest BCUT2D eigenvalue weighted by Gasteiger charge is -2.19. The number of anilines is 1. The summed E-state index contributed by atoms with van der Waals surface area (Å²) in [5, 5.41) is 6.05. The SMILES string of the molecule is O=C(c1ccccc1)N1N=C(c2ccccc2NS(=O)(=O)c2ccccc2)C[C@H]1c1ccco1. The van der Waals surface area contributed by atoms with Crippen molar-refractivity contribution in [3.63, 3.8) is 0 Å². The number of nitrogens with one attached hydrogen (secondary N) is 1. The van der Waals surface area contributed by atoms with Crippen LogP contribution in [0.15, 0.2) is 118 Å². The molecule has 0 aliphatic carbocycles. The van der Waals surface area contributed by atoms with Crippen molar-refractivity contribution < 1.29 is 17.6 Å². The Morgan fingerprint density at radius 3 is 2.26 bits per heavy atom. The van der Waals surface area contributed by atoms with E-state index in [-0.39, 0.29) is 10.8 Å². The molecule has 1 aliphatic heterocycles. The first-order chi connectivity index (χ1) is 16.5. The number of carbonyl (C=O) groups excluding carboxylic acids is 1. The number of carbonyl (C=O) groups is 1. The number of para-hydroxylation sites is 1. The van der Waals surface area contributed by atoms with Crippen LogP contribution < -0.4 is 4.72 Å². The van der Waals surface area contributed by atoms with Gasteiger partial charge in [0.25, 0.3) is 15.9 Å². The molecule has 0 spiro atoms. The third-order valence-electron chi connectivity index (χ3n) is 5.55. The Kier molecular flexibility index (Phi) is 5.73. The van der Waals surface area contributed by atoms with Crippen molar-refractivity contribution in [3.8, 4) is 0 Å². The first-order valence-electron chi connectivity index (χ1n) is 10.7. The average Bonchev–Trinajstić information content (AvgIpc) is 3.55. The van der Waals surface area contributed by atoms with Gasteiger partial charge in [-0.2, -0.15) is 5.10 Å². The maximum absolute atomic E-state index is 13.3. The summed E-state index contributed by atoms with van der Waals surface area (Å²) in [6.07, 6.45) is 1.93. The molecule has 1 atom stereocenters. The maximum Gasteiger partial charge on any atom is 0.274 e. The average molecular weight is 472 g/mol. The molecule has 3 aromatic carbocycles. The second-order valence-corrected chi connectivity index (χ2v) is 9.44. The summed E-state index contributed by atoms with van der Waals surface area (Å²) in [5.41, 5.74) is 2.07. The number of benzene rings is 3. The Morgan fingerprint density at radius 1 is 0.882 bits per heavy atom. The minimum absolute atomic E-state index is 0.160. The summed E-state index contributed by atoms with van der Waals surface area (Å²) in [5.74, 6) is 0.338. The lowest BCUT2D eigenvalue weighted by atomic mass is 10.0.